The Balaban J connectivity index is 3.53. The molecule has 0 aromatic heterocycles. The molecule has 0 spiro atoms. The third-order valence-corrected chi connectivity index (χ3v) is 6.83. The second kappa shape index (κ2) is 24.1. The molecule has 0 N–H and O–H groups in total. The van der Waals surface area contributed by atoms with Gasteiger partial charge in [-0.1, -0.05) is 105 Å². The Morgan fingerprint density at radius 2 is 1.09 bits per heavy atom. The van der Waals surface area contributed by atoms with Gasteiger partial charge in [-0.15, -0.1) is 0 Å². The first-order valence-electron chi connectivity index (χ1n) is 14.4. The lowest BCUT2D eigenvalue weighted by atomic mass is 9.95. The number of hydrogen-bond acceptors (Lipinski definition) is 4. The smallest absolute Gasteiger partial charge is 0.306 e. The van der Waals surface area contributed by atoms with Crippen molar-refractivity contribution >= 4 is 11.9 Å². The van der Waals surface area contributed by atoms with E-state index in [9.17, 15) is 9.59 Å². The highest BCUT2D eigenvalue weighted by atomic mass is 16.5. The van der Waals surface area contributed by atoms with E-state index < -0.39 is 0 Å². The molecular formula is C29H56O4. The predicted molar refractivity (Wildman–Crippen MR) is 139 cm³/mol. The number of esters is 2. The second-order valence-electron chi connectivity index (χ2n) is 9.74. The molecule has 0 aliphatic heterocycles. The van der Waals surface area contributed by atoms with E-state index in [-0.39, 0.29) is 18.0 Å². The minimum Gasteiger partial charge on any atom is -0.466 e. The minimum atomic E-state index is -0.0431. The van der Waals surface area contributed by atoms with Crippen molar-refractivity contribution in [1.82, 2.24) is 0 Å². The second-order valence-corrected chi connectivity index (χ2v) is 9.74. The van der Waals surface area contributed by atoms with Gasteiger partial charge in [0.15, 0.2) is 0 Å². The van der Waals surface area contributed by atoms with E-state index in [1.54, 1.807) is 0 Å². The number of ether oxygens (including phenoxy) is 2. The Kier molecular flexibility index (Phi) is 23.3. The summed E-state index contributed by atoms with van der Waals surface area (Å²) in [4.78, 5) is 23.9. The van der Waals surface area contributed by atoms with Gasteiger partial charge < -0.3 is 9.47 Å². The van der Waals surface area contributed by atoms with Crippen molar-refractivity contribution in [1.29, 1.82) is 0 Å². The normalized spacial score (nSPS) is 12.2. The van der Waals surface area contributed by atoms with Crippen molar-refractivity contribution in [2.24, 2.45) is 5.92 Å². The standard InChI is InChI=1S/C29H56O4/c1-5-9-10-11-14-17-20-25-32-28(30)21-18-15-12-13-16-19-22-29(31)33-27(8-4)24-23-26(6-2)7-3/h26-27H,5-25H2,1-4H3. The molecule has 0 aliphatic carbocycles. The van der Waals surface area contributed by atoms with Gasteiger partial charge in [-0.3, -0.25) is 9.59 Å². The number of carbonyl (C=O) groups is 2. The Hall–Kier alpha value is -1.06. The molecule has 4 heteroatoms. The Labute approximate surface area is 206 Å². The van der Waals surface area contributed by atoms with Gasteiger partial charge in [-0.2, -0.15) is 0 Å². The van der Waals surface area contributed by atoms with Crippen molar-refractivity contribution in [3.8, 4) is 0 Å². The van der Waals surface area contributed by atoms with Gasteiger partial charge >= 0.3 is 11.9 Å². The van der Waals surface area contributed by atoms with Gasteiger partial charge in [0.25, 0.3) is 0 Å². The summed E-state index contributed by atoms with van der Waals surface area (Å²) in [6.45, 7) is 9.41. The molecule has 0 bridgehead atoms. The predicted octanol–water partition coefficient (Wildman–Crippen LogP) is 8.94. The van der Waals surface area contributed by atoms with Crippen LogP contribution in [-0.4, -0.2) is 24.6 Å². The van der Waals surface area contributed by atoms with Crippen LogP contribution >= 0.6 is 0 Å². The van der Waals surface area contributed by atoms with Crippen molar-refractivity contribution in [3.05, 3.63) is 0 Å². The Morgan fingerprint density at radius 1 is 0.576 bits per heavy atom. The molecule has 196 valence electrons. The molecule has 4 nitrogen and oxygen atoms in total. The first kappa shape index (κ1) is 31.9. The molecule has 1 atom stereocenters. The summed E-state index contributed by atoms with van der Waals surface area (Å²) in [6.07, 6.45) is 21.5. The van der Waals surface area contributed by atoms with E-state index in [2.05, 4.69) is 27.7 Å². The number of carbonyl (C=O) groups excluding carboxylic acids is 2. The molecule has 1 unspecified atom stereocenters. The van der Waals surface area contributed by atoms with Crippen LogP contribution in [-0.2, 0) is 19.1 Å². The van der Waals surface area contributed by atoms with Gasteiger partial charge in [0.1, 0.15) is 6.10 Å². The fourth-order valence-corrected chi connectivity index (χ4v) is 4.27. The molecule has 0 heterocycles. The van der Waals surface area contributed by atoms with Gasteiger partial charge in [0.2, 0.25) is 0 Å². The van der Waals surface area contributed by atoms with Crippen LogP contribution in [0.1, 0.15) is 156 Å². The molecular weight excluding hydrogens is 412 g/mol. The lowest BCUT2D eigenvalue weighted by molar-refractivity contribution is -0.150. The van der Waals surface area contributed by atoms with Crippen LogP contribution in [0.25, 0.3) is 0 Å². The summed E-state index contributed by atoms with van der Waals surface area (Å²) in [7, 11) is 0. The largest absolute Gasteiger partial charge is 0.466 e. The molecule has 0 radical (unpaired) electrons. The van der Waals surface area contributed by atoms with Gasteiger partial charge in [-0.25, -0.2) is 0 Å². The third kappa shape index (κ3) is 21.2. The van der Waals surface area contributed by atoms with Crippen LogP contribution in [0.3, 0.4) is 0 Å². The first-order valence-corrected chi connectivity index (χ1v) is 14.4. The zero-order valence-corrected chi connectivity index (χ0v) is 22.6. The summed E-state index contributed by atoms with van der Waals surface area (Å²) < 4.78 is 11.0. The van der Waals surface area contributed by atoms with Crippen LogP contribution in [0, 0.1) is 5.92 Å². The molecule has 0 rings (SSSR count). The zero-order valence-electron chi connectivity index (χ0n) is 22.6. The highest BCUT2D eigenvalue weighted by Crippen LogP contribution is 2.19. The Morgan fingerprint density at radius 3 is 1.64 bits per heavy atom. The summed E-state index contributed by atoms with van der Waals surface area (Å²) >= 11 is 0. The van der Waals surface area contributed by atoms with Crippen LogP contribution < -0.4 is 0 Å². The average Bonchev–Trinajstić information content (AvgIpc) is 2.82. The van der Waals surface area contributed by atoms with Gasteiger partial charge in [0.05, 0.1) is 6.61 Å². The van der Waals surface area contributed by atoms with Crippen LogP contribution in [0.5, 0.6) is 0 Å². The highest BCUT2D eigenvalue weighted by molar-refractivity contribution is 5.69. The van der Waals surface area contributed by atoms with Crippen LogP contribution in [0.15, 0.2) is 0 Å². The molecule has 0 fully saturated rings. The molecule has 0 aromatic carbocycles. The zero-order chi connectivity index (χ0) is 24.6. The molecule has 0 saturated carbocycles. The Bertz CT molecular complexity index is 445. The van der Waals surface area contributed by atoms with E-state index in [1.807, 2.05) is 0 Å². The molecule has 0 aromatic rings. The monoisotopic (exact) mass is 468 g/mol. The molecule has 0 amide bonds. The molecule has 33 heavy (non-hydrogen) atoms. The lowest BCUT2D eigenvalue weighted by Crippen LogP contribution is -2.18. The summed E-state index contributed by atoms with van der Waals surface area (Å²) in [6, 6.07) is 0. The number of hydrogen-bond donors (Lipinski definition) is 0. The maximum Gasteiger partial charge on any atom is 0.306 e. The van der Waals surface area contributed by atoms with Crippen molar-refractivity contribution in [2.75, 3.05) is 6.61 Å². The summed E-state index contributed by atoms with van der Waals surface area (Å²) in [5.74, 6) is 0.679. The fourth-order valence-electron chi connectivity index (χ4n) is 4.27. The SMILES string of the molecule is CCCCCCCCCOC(=O)CCCCCCCCC(=O)OC(CC)CCC(CC)CC. The van der Waals surface area contributed by atoms with E-state index in [1.165, 1.54) is 51.4 Å². The van der Waals surface area contributed by atoms with Crippen molar-refractivity contribution in [3.63, 3.8) is 0 Å². The molecule has 0 aliphatic rings. The van der Waals surface area contributed by atoms with Crippen LogP contribution in [0.2, 0.25) is 0 Å². The van der Waals surface area contributed by atoms with Crippen molar-refractivity contribution in [2.45, 2.75) is 162 Å². The van der Waals surface area contributed by atoms with Gasteiger partial charge in [-0.05, 0) is 44.4 Å². The highest BCUT2D eigenvalue weighted by Gasteiger charge is 2.14. The third-order valence-electron chi connectivity index (χ3n) is 6.83. The van der Waals surface area contributed by atoms with E-state index >= 15 is 0 Å². The topological polar surface area (TPSA) is 52.6 Å². The number of unbranched alkanes of at least 4 members (excludes halogenated alkanes) is 11. The molecule has 0 saturated heterocycles. The summed E-state index contributed by atoms with van der Waals surface area (Å²) in [5.41, 5.74) is 0. The van der Waals surface area contributed by atoms with Crippen LogP contribution in [0.4, 0.5) is 0 Å². The fraction of sp³-hybridized carbons (Fsp3) is 0.931. The van der Waals surface area contributed by atoms with E-state index in [0.29, 0.717) is 19.4 Å². The first-order chi connectivity index (χ1) is 16.1. The quantitative estimate of drug-likeness (QED) is 0.105. The maximum absolute atomic E-state index is 12.1. The van der Waals surface area contributed by atoms with E-state index in [4.69, 9.17) is 9.47 Å². The van der Waals surface area contributed by atoms with Crippen molar-refractivity contribution < 1.29 is 19.1 Å². The van der Waals surface area contributed by atoms with Gasteiger partial charge in [0, 0.05) is 12.8 Å². The maximum atomic E-state index is 12.1. The minimum absolute atomic E-state index is 0.0323. The lowest BCUT2D eigenvalue weighted by Gasteiger charge is -2.19. The average molecular weight is 469 g/mol. The van der Waals surface area contributed by atoms with E-state index in [0.717, 1.165) is 70.1 Å². The number of rotatable bonds is 24. The summed E-state index contributed by atoms with van der Waals surface area (Å²) in [5, 5.41) is 0.